The number of fused-ring (bicyclic) bond motifs is 1. The Morgan fingerprint density at radius 2 is 2.23 bits per heavy atom. The lowest BCUT2D eigenvalue weighted by Crippen LogP contribution is -2.16. The van der Waals surface area contributed by atoms with Crippen LogP contribution in [0.3, 0.4) is 0 Å². The molecular weight excluding hydrogens is 158 g/mol. The Labute approximate surface area is 79.7 Å². The van der Waals surface area contributed by atoms with Crippen molar-refractivity contribution in [2.45, 2.75) is 20.3 Å². The Hall–Kier alpha value is -1.24. The van der Waals surface area contributed by atoms with Crippen molar-refractivity contribution < 1.29 is 0 Å². The van der Waals surface area contributed by atoms with Crippen LogP contribution in [-0.2, 0) is 6.42 Å². The Kier molecular flexibility index (Phi) is 1.87. The summed E-state index contributed by atoms with van der Waals surface area (Å²) in [7, 11) is 0. The lowest BCUT2D eigenvalue weighted by atomic mass is 10.1. The highest BCUT2D eigenvalue weighted by molar-refractivity contribution is 5.62. The Balaban J connectivity index is 2.44. The number of aryl methyl sites for hydroxylation is 1. The SMILES string of the molecule is C=C(C)N1CCc2cc(C)ccc21. The number of nitrogens with zero attached hydrogens (tertiary/aromatic N) is 1. The summed E-state index contributed by atoms with van der Waals surface area (Å²) in [5.74, 6) is 0. The van der Waals surface area contributed by atoms with Gasteiger partial charge in [0.25, 0.3) is 0 Å². The Morgan fingerprint density at radius 1 is 1.46 bits per heavy atom. The molecule has 13 heavy (non-hydrogen) atoms. The standard InChI is InChI=1S/C12H15N/c1-9(2)13-7-6-11-8-10(3)4-5-12(11)13/h4-5,8H,1,6-7H2,2-3H3. The van der Waals surface area contributed by atoms with Crippen molar-refractivity contribution in [1.82, 2.24) is 0 Å². The largest absolute Gasteiger partial charge is 0.345 e. The Morgan fingerprint density at radius 3 is 2.92 bits per heavy atom. The van der Waals surface area contributed by atoms with Gasteiger partial charge in [-0.2, -0.15) is 0 Å². The number of hydrogen-bond donors (Lipinski definition) is 0. The van der Waals surface area contributed by atoms with Crippen molar-refractivity contribution in [2.75, 3.05) is 11.4 Å². The van der Waals surface area contributed by atoms with E-state index >= 15 is 0 Å². The molecule has 68 valence electrons. The smallest absolute Gasteiger partial charge is 0.0441 e. The fourth-order valence-electron chi connectivity index (χ4n) is 1.93. The van der Waals surface area contributed by atoms with Gasteiger partial charge in [-0.3, -0.25) is 0 Å². The zero-order valence-electron chi connectivity index (χ0n) is 8.30. The first kappa shape index (κ1) is 8.36. The topological polar surface area (TPSA) is 3.24 Å². The van der Waals surface area contributed by atoms with Crippen LogP contribution in [0.2, 0.25) is 0 Å². The molecule has 0 saturated heterocycles. The highest BCUT2D eigenvalue weighted by Crippen LogP contribution is 2.30. The molecule has 0 amide bonds. The Bertz CT molecular complexity index is 352. The number of allylic oxidation sites excluding steroid dienone is 1. The van der Waals surface area contributed by atoms with Crippen LogP contribution in [0, 0.1) is 6.92 Å². The summed E-state index contributed by atoms with van der Waals surface area (Å²) >= 11 is 0. The quantitative estimate of drug-likeness (QED) is 0.631. The average Bonchev–Trinajstić information content (AvgIpc) is 2.46. The van der Waals surface area contributed by atoms with E-state index in [2.05, 4.69) is 43.5 Å². The first-order valence-corrected chi connectivity index (χ1v) is 4.71. The second kappa shape index (κ2) is 2.91. The van der Waals surface area contributed by atoms with Gasteiger partial charge in [-0.15, -0.1) is 0 Å². The summed E-state index contributed by atoms with van der Waals surface area (Å²) < 4.78 is 0. The van der Waals surface area contributed by atoms with Crippen LogP contribution in [0.5, 0.6) is 0 Å². The van der Waals surface area contributed by atoms with Gasteiger partial charge in [-0.05, 0) is 31.9 Å². The summed E-state index contributed by atoms with van der Waals surface area (Å²) in [4.78, 5) is 2.29. The van der Waals surface area contributed by atoms with Crippen LogP contribution in [0.15, 0.2) is 30.5 Å². The zero-order chi connectivity index (χ0) is 9.42. The molecule has 1 aliphatic rings. The lowest BCUT2D eigenvalue weighted by molar-refractivity contribution is 0.948. The maximum Gasteiger partial charge on any atom is 0.0441 e. The van der Waals surface area contributed by atoms with Crippen LogP contribution >= 0.6 is 0 Å². The maximum absolute atomic E-state index is 3.98. The van der Waals surface area contributed by atoms with Crippen molar-refractivity contribution in [2.24, 2.45) is 0 Å². The second-order valence-electron chi connectivity index (χ2n) is 3.77. The fourth-order valence-corrected chi connectivity index (χ4v) is 1.93. The molecule has 0 fully saturated rings. The molecule has 1 aliphatic heterocycles. The molecule has 0 aromatic heterocycles. The first-order valence-electron chi connectivity index (χ1n) is 4.71. The highest BCUT2D eigenvalue weighted by atomic mass is 15.2. The third-order valence-corrected chi connectivity index (χ3v) is 2.59. The minimum Gasteiger partial charge on any atom is -0.345 e. The van der Waals surface area contributed by atoms with Gasteiger partial charge in [0.1, 0.15) is 0 Å². The minimum atomic E-state index is 1.09. The molecule has 0 saturated carbocycles. The third kappa shape index (κ3) is 1.35. The van der Waals surface area contributed by atoms with E-state index in [0.717, 1.165) is 18.7 Å². The molecule has 1 aromatic carbocycles. The molecule has 0 bridgehead atoms. The number of hydrogen-bond acceptors (Lipinski definition) is 1. The number of benzene rings is 1. The van der Waals surface area contributed by atoms with Crippen LogP contribution in [0.1, 0.15) is 18.1 Å². The van der Waals surface area contributed by atoms with Gasteiger partial charge >= 0.3 is 0 Å². The molecule has 1 aromatic rings. The van der Waals surface area contributed by atoms with Crippen LogP contribution in [-0.4, -0.2) is 6.54 Å². The highest BCUT2D eigenvalue weighted by Gasteiger charge is 2.18. The van der Waals surface area contributed by atoms with Crippen molar-refractivity contribution in [3.05, 3.63) is 41.6 Å². The summed E-state index contributed by atoms with van der Waals surface area (Å²) in [5.41, 5.74) is 5.30. The first-order chi connectivity index (χ1) is 6.18. The van der Waals surface area contributed by atoms with Crippen LogP contribution < -0.4 is 4.90 Å². The van der Waals surface area contributed by atoms with Gasteiger partial charge in [0.05, 0.1) is 0 Å². The van der Waals surface area contributed by atoms with Gasteiger partial charge < -0.3 is 4.90 Å². The summed E-state index contributed by atoms with van der Waals surface area (Å²) in [5, 5.41) is 0. The monoisotopic (exact) mass is 173 g/mol. The predicted molar refractivity (Wildman–Crippen MR) is 57.0 cm³/mol. The van der Waals surface area contributed by atoms with E-state index in [9.17, 15) is 0 Å². The normalized spacial score (nSPS) is 14.5. The molecule has 0 radical (unpaired) electrons. The van der Waals surface area contributed by atoms with Crippen LogP contribution in [0.4, 0.5) is 5.69 Å². The number of rotatable bonds is 1. The molecule has 2 rings (SSSR count). The van der Waals surface area contributed by atoms with E-state index in [0.29, 0.717) is 0 Å². The summed E-state index contributed by atoms with van der Waals surface area (Å²) in [6, 6.07) is 6.64. The van der Waals surface area contributed by atoms with Gasteiger partial charge in [0.15, 0.2) is 0 Å². The lowest BCUT2D eigenvalue weighted by Gasteiger charge is -2.18. The van der Waals surface area contributed by atoms with Crippen molar-refractivity contribution in [3.8, 4) is 0 Å². The second-order valence-corrected chi connectivity index (χ2v) is 3.77. The van der Waals surface area contributed by atoms with E-state index in [1.807, 2.05) is 0 Å². The van der Waals surface area contributed by atoms with Crippen molar-refractivity contribution in [1.29, 1.82) is 0 Å². The van der Waals surface area contributed by atoms with Gasteiger partial charge in [0.2, 0.25) is 0 Å². The molecule has 0 N–H and O–H groups in total. The van der Waals surface area contributed by atoms with E-state index < -0.39 is 0 Å². The molecule has 0 unspecified atom stereocenters. The third-order valence-electron chi connectivity index (χ3n) is 2.59. The molecule has 0 atom stereocenters. The molecule has 1 nitrogen and oxygen atoms in total. The maximum atomic E-state index is 3.98. The van der Waals surface area contributed by atoms with Gasteiger partial charge in [-0.25, -0.2) is 0 Å². The van der Waals surface area contributed by atoms with Gasteiger partial charge in [-0.1, -0.05) is 24.3 Å². The van der Waals surface area contributed by atoms with E-state index in [-0.39, 0.29) is 0 Å². The molecule has 1 heterocycles. The van der Waals surface area contributed by atoms with Crippen molar-refractivity contribution in [3.63, 3.8) is 0 Å². The van der Waals surface area contributed by atoms with E-state index in [1.165, 1.54) is 16.8 Å². The van der Waals surface area contributed by atoms with E-state index in [4.69, 9.17) is 0 Å². The molecular formula is C12H15N. The fraction of sp³-hybridized carbons (Fsp3) is 0.333. The van der Waals surface area contributed by atoms with Crippen LogP contribution in [0.25, 0.3) is 0 Å². The predicted octanol–water partition coefficient (Wildman–Crippen LogP) is 2.89. The average molecular weight is 173 g/mol. The number of anilines is 1. The molecule has 0 aliphatic carbocycles. The summed E-state index contributed by atoms with van der Waals surface area (Å²) in [6.07, 6.45) is 1.16. The van der Waals surface area contributed by atoms with Gasteiger partial charge in [0, 0.05) is 17.9 Å². The molecule has 0 spiro atoms. The zero-order valence-corrected chi connectivity index (χ0v) is 8.30. The minimum absolute atomic E-state index is 1.09. The molecule has 1 heteroatoms. The van der Waals surface area contributed by atoms with E-state index in [1.54, 1.807) is 0 Å². The van der Waals surface area contributed by atoms with Crippen molar-refractivity contribution >= 4 is 5.69 Å². The summed E-state index contributed by atoms with van der Waals surface area (Å²) in [6.45, 7) is 9.28.